The van der Waals surface area contributed by atoms with Gasteiger partial charge in [0.1, 0.15) is 5.75 Å². The molecule has 3 N–H and O–H groups in total. The summed E-state index contributed by atoms with van der Waals surface area (Å²) in [6.07, 6.45) is -0.509. The number of hydrogen-bond donors (Lipinski definition) is 3. The zero-order valence-electron chi connectivity index (χ0n) is 11.6. The number of amides is 3. The molecule has 1 aromatic rings. The lowest BCUT2D eigenvalue weighted by atomic mass is 10.3. The van der Waals surface area contributed by atoms with E-state index in [-0.39, 0.29) is 19.8 Å². The van der Waals surface area contributed by atoms with Crippen LogP contribution in [-0.2, 0) is 4.74 Å². The molecule has 116 valence electrons. The van der Waals surface area contributed by atoms with Gasteiger partial charge in [0.2, 0.25) is 0 Å². The van der Waals surface area contributed by atoms with Crippen molar-refractivity contribution in [2.75, 3.05) is 26.4 Å². The number of nitrogens with one attached hydrogen (secondary N) is 3. The quantitative estimate of drug-likeness (QED) is 0.528. The molecule has 0 atom stereocenters. The molecule has 0 bridgehead atoms. The minimum atomic E-state index is -0.509. The van der Waals surface area contributed by atoms with Crippen LogP contribution in [0.5, 0.6) is 5.75 Å². The standard InChI is InChI=1S/C13H18ClN3O4/c1-2-20-13(19)16-8-7-15-12(18)17-9-21-11-5-3-10(14)4-6-11/h3-6H,2,7-9H2,1H3,(H,16,19)(H2,15,17,18). The molecule has 0 aromatic heterocycles. The van der Waals surface area contributed by atoms with Crippen LogP contribution in [0, 0.1) is 0 Å². The zero-order chi connectivity index (χ0) is 15.5. The van der Waals surface area contributed by atoms with Gasteiger partial charge < -0.3 is 25.4 Å². The Labute approximate surface area is 127 Å². The molecule has 0 radical (unpaired) electrons. The van der Waals surface area contributed by atoms with Crippen molar-refractivity contribution in [3.05, 3.63) is 29.3 Å². The van der Waals surface area contributed by atoms with E-state index in [1.807, 2.05) is 0 Å². The lowest BCUT2D eigenvalue weighted by molar-refractivity contribution is 0.152. The van der Waals surface area contributed by atoms with E-state index in [9.17, 15) is 9.59 Å². The first kappa shape index (κ1) is 16.9. The highest BCUT2D eigenvalue weighted by molar-refractivity contribution is 6.30. The largest absolute Gasteiger partial charge is 0.473 e. The van der Waals surface area contributed by atoms with E-state index in [1.54, 1.807) is 31.2 Å². The fourth-order valence-electron chi connectivity index (χ4n) is 1.30. The molecule has 0 saturated carbocycles. The van der Waals surface area contributed by atoms with E-state index in [2.05, 4.69) is 20.7 Å². The maximum Gasteiger partial charge on any atom is 0.407 e. The van der Waals surface area contributed by atoms with Crippen LogP contribution in [0.1, 0.15) is 6.92 Å². The van der Waals surface area contributed by atoms with Gasteiger partial charge in [0.25, 0.3) is 0 Å². The first-order chi connectivity index (χ1) is 10.1. The summed E-state index contributed by atoms with van der Waals surface area (Å²) in [6, 6.07) is 6.39. The van der Waals surface area contributed by atoms with Gasteiger partial charge in [0.15, 0.2) is 6.73 Å². The Bertz CT molecular complexity index is 453. The van der Waals surface area contributed by atoms with E-state index in [4.69, 9.17) is 16.3 Å². The van der Waals surface area contributed by atoms with Crippen molar-refractivity contribution in [1.82, 2.24) is 16.0 Å². The van der Waals surface area contributed by atoms with Crippen molar-refractivity contribution < 1.29 is 19.1 Å². The van der Waals surface area contributed by atoms with E-state index in [1.165, 1.54) is 0 Å². The molecule has 0 aliphatic rings. The second-order valence-electron chi connectivity index (χ2n) is 3.82. The molecule has 7 nitrogen and oxygen atoms in total. The number of alkyl carbamates (subject to hydrolysis) is 1. The number of benzene rings is 1. The third-order valence-electron chi connectivity index (χ3n) is 2.24. The fourth-order valence-corrected chi connectivity index (χ4v) is 1.43. The number of urea groups is 1. The Morgan fingerprint density at radius 1 is 1.10 bits per heavy atom. The Balaban J connectivity index is 2.06. The smallest absolute Gasteiger partial charge is 0.407 e. The van der Waals surface area contributed by atoms with Gasteiger partial charge in [-0.2, -0.15) is 0 Å². The number of carbonyl (C=O) groups is 2. The molecule has 0 aliphatic heterocycles. The average Bonchev–Trinajstić information content (AvgIpc) is 2.46. The van der Waals surface area contributed by atoms with Crippen LogP contribution in [0.25, 0.3) is 0 Å². The molecular weight excluding hydrogens is 298 g/mol. The summed E-state index contributed by atoms with van der Waals surface area (Å²) in [4.78, 5) is 22.3. The van der Waals surface area contributed by atoms with Gasteiger partial charge in [-0.3, -0.25) is 0 Å². The summed E-state index contributed by atoms with van der Waals surface area (Å²) >= 11 is 5.73. The monoisotopic (exact) mass is 315 g/mol. The predicted octanol–water partition coefficient (Wildman–Crippen LogP) is 1.72. The SMILES string of the molecule is CCOC(=O)NCCNC(=O)NCOc1ccc(Cl)cc1. The third-order valence-corrected chi connectivity index (χ3v) is 2.49. The van der Waals surface area contributed by atoms with Crippen LogP contribution in [0.2, 0.25) is 5.02 Å². The van der Waals surface area contributed by atoms with Crippen LogP contribution >= 0.6 is 11.6 Å². The summed E-state index contributed by atoms with van der Waals surface area (Å²) in [5.74, 6) is 0.601. The van der Waals surface area contributed by atoms with Crippen molar-refractivity contribution in [2.24, 2.45) is 0 Å². The van der Waals surface area contributed by atoms with E-state index in [0.29, 0.717) is 17.4 Å². The topological polar surface area (TPSA) is 88.7 Å². The third kappa shape index (κ3) is 7.88. The normalized spacial score (nSPS) is 9.62. The Kier molecular flexibility index (Phi) is 7.81. The second-order valence-corrected chi connectivity index (χ2v) is 4.26. The highest BCUT2D eigenvalue weighted by Gasteiger charge is 2.01. The highest BCUT2D eigenvalue weighted by atomic mass is 35.5. The molecule has 0 spiro atoms. The van der Waals surface area contributed by atoms with Crippen molar-refractivity contribution in [1.29, 1.82) is 0 Å². The Morgan fingerprint density at radius 2 is 1.76 bits per heavy atom. The molecule has 1 aromatic carbocycles. The second kappa shape index (κ2) is 9.71. The number of hydrogen-bond acceptors (Lipinski definition) is 4. The van der Waals surface area contributed by atoms with Gasteiger partial charge in [-0.15, -0.1) is 0 Å². The fraction of sp³-hybridized carbons (Fsp3) is 0.385. The molecule has 0 saturated heterocycles. The molecule has 0 heterocycles. The van der Waals surface area contributed by atoms with Crippen LogP contribution in [0.15, 0.2) is 24.3 Å². The van der Waals surface area contributed by atoms with E-state index in [0.717, 1.165) is 0 Å². The first-order valence-corrected chi connectivity index (χ1v) is 6.80. The van der Waals surface area contributed by atoms with Crippen molar-refractivity contribution in [3.8, 4) is 5.75 Å². The zero-order valence-corrected chi connectivity index (χ0v) is 12.4. The average molecular weight is 316 g/mol. The van der Waals surface area contributed by atoms with Gasteiger partial charge in [-0.1, -0.05) is 11.6 Å². The molecular formula is C13H18ClN3O4. The Hall–Kier alpha value is -2.15. The molecule has 21 heavy (non-hydrogen) atoms. The van der Waals surface area contributed by atoms with Gasteiger partial charge >= 0.3 is 12.1 Å². The maximum atomic E-state index is 11.4. The maximum absolute atomic E-state index is 11.4. The van der Waals surface area contributed by atoms with Gasteiger partial charge in [-0.05, 0) is 31.2 Å². The Morgan fingerprint density at radius 3 is 2.43 bits per heavy atom. The highest BCUT2D eigenvalue weighted by Crippen LogP contribution is 2.14. The lowest BCUT2D eigenvalue weighted by Gasteiger charge is -2.10. The minimum absolute atomic E-state index is 0.0266. The molecule has 0 aliphatic carbocycles. The number of ether oxygens (including phenoxy) is 2. The molecule has 8 heteroatoms. The van der Waals surface area contributed by atoms with Crippen LogP contribution in [0.4, 0.5) is 9.59 Å². The first-order valence-electron chi connectivity index (χ1n) is 6.42. The van der Waals surface area contributed by atoms with Crippen LogP contribution < -0.4 is 20.7 Å². The molecule has 1 rings (SSSR count). The number of halogens is 1. The molecule has 3 amide bonds. The summed E-state index contributed by atoms with van der Waals surface area (Å²) in [7, 11) is 0. The van der Waals surface area contributed by atoms with E-state index < -0.39 is 12.1 Å². The van der Waals surface area contributed by atoms with Crippen molar-refractivity contribution in [2.45, 2.75) is 6.92 Å². The molecule has 0 fully saturated rings. The molecule has 0 unspecified atom stereocenters. The summed E-state index contributed by atoms with van der Waals surface area (Å²) < 4.78 is 9.95. The summed E-state index contributed by atoms with van der Waals surface area (Å²) in [6.45, 7) is 2.61. The van der Waals surface area contributed by atoms with Crippen LogP contribution in [-0.4, -0.2) is 38.6 Å². The van der Waals surface area contributed by atoms with E-state index >= 15 is 0 Å². The lowest BCUT2D eigenvalue weighted by Crippen LogP contribution is -2.41. The van der Waals surface area contributed by atoms with Gasteiger partial charge in [0, 0.05) is 18.1 Å². The summed E-state index contributed by atoms with van der Waals surface area (Å²) in [5, 5.41) is 8.16. The summed E-state index contributed by atoms with van der Waals surface area (Å²) in [5.41, 5.74) is 0. The van der Waals surface area contributed by atoms with Crippen molar-refractivity contribution >= 4 is 23.7 Å². The van der Waals surface area contributed by atoms with Gasteiger partial charge in [-0.25, -0.2) is 9.59 Å². The number of rotatable bonds is 7. The predicted molar refractivity (Wildman–Crippen MR) is 78.5 cm³/mol. The van der Waals surface area contributed by atoms with Crippen LogP contribution in [0.3, 0.4) is 0 Å². The number of carbonyl (C=O) groups excluding carboxylic acids is 2. The minimum Gasteiger partial charge on any atom is -0.473 e. The van der Waals surface area contributed by atoms with Gasteiger partial charge in [0.05, 0.1) is 6.61 Å². The van der Waals surface area contributed by atoms with Crippen molar-refractivity contribution in [3.63, 3.8) is 0 Å².